The molecule has 0 bridgehead atoms. The molecular formula is C10H14N2. The summed E-state index contributed by atoms with van der Waals surface area (Å²) in [5.41, 5.74) is 8.40. The third kappa shape index (κ3) is 1.29. The van der Waals surface area contributed by atoms with E-state index in [1.165, 1.54) is 30.4 Å². The van der Waals surface area contributed by atoms with Crippen LogP contribution in [-0.4, -0.2) is 4.98 Å². The Morgan fingerprint density at radius 2 is 2.33 bits per heavy atom. The Hall–Kier alpha value is -1.05. The number of nitrogens with zero attached hydrogens (tertiary/aromatic N) is 1. The van der Waals surface area contributed by atoms with Crippen molar-refractivity contribution in [1.29, 1.82) is 0 Å². The number of hydrogen-bond donors (Lipinski definition) is 1. The van der Waals surface area contributed by atoms with Crippen molar-refractivity contribution in [1.82, 2.24) is 4.98 Å². The van der Waals surface area contributed by atoms with Gasteiger partial charge in [-0.15, -0.1) is 0 Å². The second kappa shape index (κ2) is 2.77. The minimum Gasteiger partial charge on any atom is -0.384 e. The Morgan fingerprint density at radius 1 is 1.50 bits per heavy atom. The van der Waals surface area contributed by atoms with Crippen LogP contribution in [0.4, 0.5) is 5.82 Å². The first-order chi connectivity index (χ1) is 5.75. The van der Waals surface area contributed by atoms with Crippen LogP contribution in [0, 0.1) is 5.92 Å². The van der Waals surface area contributed by atoms with Crippen molar-refractivity contribution in [2.24, 2.45) is 5.92 Å². The van der Waals surface area contributed by atoms with Gasteiger partial charge in [0.05, 0.1) is 0 Å². The Balaban J connectivity index is 2.37. The SMILES string of the molecule is CC1CCc2cc(N)ncc2C1. The molecule has 0 saturated heterocycles. The molecule has 1 heterocycles. The first-order valence-electron chi connectivity index (χ1n) is 4.49. The quantitative estimate of drug-likeness (QED) is 0.631. The fourth-order valence-electron chi connectivity index (χ4n) is 1.84. The zero-order valence-electron chi connectivity index (χ0n) is 7.38. The zero-order valence-corrected chi connectivity index (χ0v) is 7.38. The van der Waals surface area contributed by atoms with Crippen LogP contribution in [0.3, 0.4) is 0 Å². The Bertz CT molecular complexity index is 294. The smallest absolute Gasteiger partial charge is 0.123 e. The lowest BCUT2D eigenvalue weighted by Gasteiger charge is -2.20. The second-order valence-electron chi connectivity index (χ2n) is 3.73. The van der Waals surface area contributed by atoms with E-state index in [4.69, 9.17) is 5.73 Å². The molecule has 2 heteroatoms. The molecule has 12 heavy (non-hydrogen) atoms. The van der Waals surface area contributed by atoms with Crippen molar-refractivity contribution >= 4 is 5.82 Å². The van der Waals surface area contributed by atoms with Crippen molar-refractivity contribution in [3.63, 3.8) is 0 Å². The molecule has 0 fully saturated rings. The van der Waals surface area contributed by atoms with E-state index in [0.29, 0.717) is 5.82 Å². The van der Waals surface area contributed by atoms with E-state index in [1.807, 2.05) is 12.3 Å². The van der Waals surface area contributed by atoms with Crippen LogP contribution in [-0.2, 0) is 12.8 Å². The number of hydrogen-bond acceptors (Lipinski definition) is 2. The van der Waals surface area contributed by atoms with Crippen molar-refractivity contribution in [2.75, 3.05) is 5.73 Å². The van der Waals surface area contributed by atoms with E-state index in [1.54, 1.807) is 0 Å². The van der Waals surface area contributed by atoms with E-state index in [9.17, 15) is 0 Å². The lowest BCUT2D eigenvalue weighted by molar-refractivity contribution is 0.500. The molecule has 1 aromatic rings. The van der Waals surface area contributed by atoms with Crippen LogP contribution >= 0.6 is 0 Å². The van der Waals surface area contributed by atoms with Gasteiger partial charge in [0.1, 0.15) is 5.82 Å². The average Bonchev–Trinajstić information content (AvgIpc) is 2.05. The predicted molar refractivity (Wildman–Crippen MR) is 49.8 cm³/mol. The van der Waals surface area contributed by atoms with Gasteiger partial charge in [-0.25, -0.2) is 4.98 Å². The van der Waals surface area contributed by atoms with Gasteiger partial charge in [0.2, 0.25) is 0 Å². The van der Waals surface area contributed by atoms with Gasteiger partial charge in [-0.2, -0.15) is 0 Å². The summed E-state index contributed by atoms with van der Waals surface area (Å²) < 4.78 is 0. The van der Waals surface area contributed by atoms with Gasteiger partial charge >= 0.3 is 0 Å². The maximum atomic E-state index is 5.61. The normalized spacial score (nSPS) is 21.9. The molecule has 0 amide bonds. The minimum absolute atomic E-state index is 0.656. The van der Waals surface area contributed by atoms with Gasteiger partial charge in [0.25, 0.3) is 0 Å². The first kappa shape index (κ1) is 7.59. The summed E-state index contributed by atoms with van der Waals surface area (Å²) in [6.45, 7) is 2.29. The molecule has 1 aliphatic carbocycles. The van der Waals surface area contributed by atoms with Crippen LogP contribution in [0.15, 0.2) is 12.3 Å². The zero-order chi connectivity index (χ0) is 8.55. The molecule has 2 N–H and O–H groups in total. The number of anilines is 1. The molecule has 1 atom stereocenters. The minimum atomic E-state index is 0.656. The van der Waals surface area contributed by atoms with Gasteiger partial charge in [0.15, 0.2) is 0 Å². The van der Waals surface area contributed by atoms with Crippen LogP contribution in [0.2, 0.25) is 0 Å². The number of aryl methyl sites for hydroxylation is 1. The highest BCUT2D eigenvalue weighted by Gasteiger charge is 2.14. The molecule has 2 rings (SSSR count). The van der Waals surface area contributed by atoms with Crippen LogP contribution in [0.25, 0.3) is 0 Å². The molecule has 1 unspecified atom stereocenters. The van der Waals surface area contributed by atoms with Crippen LogP contribution in [0.1, 0.15) is 24.5 Å². The van der Waals surface area contributed by atoms with E-state index in [2.05, 4.69) is 11.9 Å². The van der Waals surface area contributed by atoms with E-state index >= 15 is 0 Å². The van der Waals surface area contributed by atoms with Crippen molar-refractivity contribution in [2.45, 2.75) is 26.2 Å². The number of rotatable bonds is 0. The standard InChI is InChI=1S/C10H14N2/c1-7-2-3-8-5-10(11)12-6-9(8)4-7/h5-7H,2-4H2,1H3,(H2,11,12). The Morgan fingerprint density at radius 3 is 3.17 bits per heavy atom. The maximum Gasteiger partial charge on any atom is 0.123 e. The van der Waals surface area contributed by atoms with Gasteiger partial charge in [-0.05, 0) is 42.4 Å². The molecule has 64 valence electrons. The van der Waals surface area contributed by atoms with Gasteiger partial charge in [0, 0.05) is 6.20 Å². The van der Waals surface area contributed by atoms with Crippen molar-refractivity contribution < 1.29 is 0 Å². The summed E-state index contributed by atoms with van der Waals surface area (Å²) in [5.74, 6) is 1.46. The van der Waals surface area contributed by atoms with E-state index in [-0.39, 0.29) is 0 Å². The molecule has 0 radical (unpaired) electrons. The lowest BCUT2D eigenvalue weighted by atomic mass is 9.86. The lowest BCUT2D eigenvalue weighted by Crippen LogP contribution is -2.12. The topological polar surface area (TPSA) is 38.9 Å². The number of fused-ring (bicyclic) bond motifs is 1. The van der Waals surface area contributed by atoms with Crippen molar-refractivity contribution in [3.05, 3.63) is 23.4 Å². The predicted octanol–water partition coefficient (Wildman–Crippen LogP) is 1.79. The number of nitrogens with two attached hydrogens (primary N) is 1. The Labute approximate surface area is 72.8 Å². The summed E-state index contributed by atoms with van der Waals surface area (Å²) in [4.78, 5) is 4.10. The molecule has 0 aliphatic heterocycles. The summed E-state index contributed by atoms with van der Waals surface area (Å²) in [5, 5.41) is 0. The number of pyridine rings is 1. The average molecular weight is 162 g/mol. The number of aromatic nitrogens is 1. The van der Waals surface area contributed by atoms with Crippen LogP contribution in [0.5, 0.6) is 0 Å². The van der Waals surface area contributed by atoms with Crippen molar-refractivity contribution in [3.8, 4) is 0 Å². The third-order valence-corrected chi connectivity index (χ3v) is 2.58. The van der Waals surface area contributed by atoms with Gasteiger partial charge in [-0.3, -0.25) is 0 Å². The fourth-order valence-corrected chi connectivity index (χ4v) is 1.84. The molecule has 1 aliphatic rings. The summed E-state index contributed by atoms with van der Waals surface area (Å²) >= 11 is 0. The highest BCUT2D eigenvalue weighted by atomic mass is 14.8. The van der Waals surface area contributed by atoms with E-state index in [0.717, 1.165) is 5.92 Å². The van der Waals surface area contributed by atoms with Gasteiger partial charge in [-0.1, -0.05) is 6.92 Å². The molecule has 0 aromatic carbocycles. The summed E-state index contributed by atoms with van der Waals surface area (Å²) in [7, 11) is 0. The molecule has 2 nitrogen and oxygen atoms in total. The summed E-state index contributed by atoms with van der Waals surface area (Å²) in [6, 6.07) is 2.02. The fraction of sp³-hybridized carbons (Fsp3) is 0.500. The maximum absolute atomic E-state index is 5.61. The largest absolute Gasteiger partial charge is 0.384 e. The highest BCUT2D eigenvalue weighted by molar-refractivity contribution is 5.38. The van der Waals surface area contributed by atoms with Crippen LogP contribution < -0.4 is 5.73 Å². The van der Waals surface area contributed by atoms with E-state index < -0.39 is 0 Å². The highest BCUT2D eigenvalue weighted by Crippen LogP contribution is 2.25. The molecule has 0 saturated carbocycles. The summed E-state index contributed by atoms with van der Waals surface area (Å²) in [6.07, 6.45) is 5.56. The third-order valence-electron chi connectivity index (χ3n) is 2.58. The second-order valence-corrected chi connectivity index (χ2v) is 3.73. The first-order valence-corrected chi connectivity index (χ1v) is 4.49. The number of nitrogen functional groups attached to an aromatic ring is 1. The Kier molecular flexibility index (Phi) is 1.75. The molecule has 0 spiro atoms. The molecular weight excluding hydrogens is 148 g/mol. The molecule has 1 aromatic heterocycles. The monoisotopic (exact) mass is 162 g/mol. The van der Waals surface area contributed by atoms with Gasteiger partial charge < -0.3 is 5.73 Å².